The Morgan fingerprint density at radius 3 is 3.05 bits per heavy atom. The minimum Gasteiger partial charge on any atom is -0.490 e. The van der Waals surface area contributed by atoms with Crippen LogP contribution in [0.5, 0.6) is 5.75 Å². The van der Waals surface area contributed by atoms with Gasteiger partial charge in [0, 0.05) is 25.2 Å². The highest BCUT2D eigenvalue weighted by Crippen LogP contribution is 2.29. The van der Waals surface area contributed by atoms with Crippen LogP contribution in [0.1, 0.15) is 18.1 Å². The number of aromatic nitrogens is 1. The van der Waals surface area contributed by atoms with E-state index in [1.165, 1.54) is 16.2 Å². The average molecular weight is 298 g/mol. The zero-order valence-corrected chi connectivity index (χ0v) is 12.4. The summed E-state index contributed by atoms with van der Waals surface area (Å²) in [5, 5.41) is 2.84. The van der Waals surface area contributed by atoms with Crippen LogP contribution in [-0.4, -0.2) is 16.6 Å². The van der Waals surface area contributed by atoms with Crippen molar-refractivity contribution in [2.75, 3.05) is 0 Å². The van der Waals surface area contributed by atoms with Gasteiger partial charge in [-0.05, 0) is 30.2 Å². The quantitative estimate of drug-likeness (QED) is 0.930. The number of nitrogens with one attached hydrogen (secondary N) is 1. The fraction of sp³-hybridized carbons (Fsp3) is 0.294. The molecule has 0 saturated heterocycles. The molecule has 1 amide bonds. The Morgan fingerprint density at radius 2 is 2.23 bits per heavy atom. The molecule has 0 radical (unpaired) electrons. The van der Waals surface area contributed by atoms with Crippen molar-refractivity contribution in [3.8, 4) is 5.75 Å². The number of amides is 1. The normalized spacial score (nSPS) is 16.0. The van der Waals surface area contributed by atoms with Crippen LogP contribution in [0.4, 0.5) is 0 Å². The summed E-state index contributed by atoms with van der Waals surface area (Å²) in [6.07, 6.45) is 2.72. The SMILES string of the molecule is C[C@@H]1Cc2cc(CNC(=O)Cn3ccccc3=O)ccc2O1. The van der Waals surface area contributed by atoms with E-state index >= 15 is 0 Å². The molecule has 0 fully saturated rings. The number of hydrogen-bond donors (Lipinski definition) is 1. The second kappa shape index (κ2) is 6.05. The number of benzene rings is 1. The fourth-order valence-electron chi connectivity index (χ4n) is 2.59. The zero-order valence-electron chi connectivity index (χ0n) is 12.4. The van der Waals surface area contributed by atoms with Crippen molar-refractivity contribution in [1.29, 1.82) is 0 Å². The Hall–Kier alpha value is -2.56. The van der Waals surface area contributed by atoms with Crippen LogP contribution in [0.2, 0.25) is 0 Å². The van der Waals surface area contributed by atoms with Crippen LogP contribution >= 0.6 is 0 Å². The van der Waals surface area contributed by atoms with Crippen molar-refractivity contribution in [2.45, 2.75) is 32.5 Å². The van der Waals surface area contributed by atoms with E-state index in [0.717, 1.165) is 17.7 Å². The monoisotopic (exact) mass is 298 g/mol. The number of pyridine rings is 1. The Balaban J connectivity index is 1.59. The largest absolute Gasteiger partial charge is 0.490 e. The molecule has 114 valence electrons. The summed E-state index contributed by atoms with van der Waals surface area (Å²) >= 11 is 0. The summed E-state index contributed by atoms with van der Waals surface area (Å²) in [7, 11) is 0. The van der Waals surface area contributed by atoms with Crippen LogP contribution in [0.25, 0.3) is 0 Å². The summed E-state index contributed by atoms with van der Waals surface area (Å²) in [5.74, 6) is 0.747. The Bertz CT molecular complexity index is 752. The molecule has 0 spiro atoms. The lowest BCUT2D eigenvalue weighted by atomic mass is 10.1. The molecule has 1 aromatic carbocycles. The number of rotatable bonds is 4. The Kier molecular flexibility index (Phi) is 3.96. The minimum atomic E-state index is -0.182. The lowest BCUT2D eigenvalue weighted by molar-refractivity contribution is -0.121. The van der Waals surface area contributed by atoms with Gasteiger partial charge in [-0.15, -0.1) is 0 Å². The Labute approximate surface area is 128 Å². The average Bonchev–Trinajstić information content (AvgIpc) is 2.87. The summed E-state index contributed by atoms with van der Waals surface area (Å²) in [5.41, 5.74) is 2.03. The summed E-state index contributed by atoms with van der Waals surface area (Å²) in [6.45, 7) is 2.52. The van der Waals surface area contributed by atoms with Gasteiger partial charge in [-0.2, -0.15) is 0 Å². The van der Waals surface area contributed by atoms with Crippen molar-refractivity contribution in [3.05, 3.63) is 64.1 Å². The van der Waals surface area contributed by atoms with Crippen LogP contribution in [0, 0.1) is 0 Å². The van der Waals surface area contributed by atoms with Gasteiger partial charge >= 0.3 is 0 Å². The van der Waals surface area contributed by atoms with Crippen molar-refractivity contribution < 1.29 is 9.53 Å². The highest BCUT2D eigenvalue weighted by molar-refractivity contribution is 5.75. The fourth-order valence-corrected chi connectivity index (χ4v) is 2.59. The highest BCUT2D eigenvalue weighted by atomic mass is 16.5. The molecule has 0 bridgehead atoms. The summed E-state index contributed by atoms with van der Waals surface area (Å²) < 4.78 is 7.04. The molecular weight excluding hydrogens is 280 g/mol. The van der Waals surface area contributed by atoms with Gasteiger partial charge < -0.3 is 14.6 Å². The molecule has 1 aromatic heterocycles. The maximum absolute atomic E-state index is 11.9. The second-order valence-electron chi connectivity index (χ2n) is 5.52. The first kappa shape index (κ1) is 14.4. The van der Waals surface area contributed by atoms with Crippen LogP contribution in [-0.2, 0) is 24.3 Å². The highest BCUT2D eigenvalue weighted by Gasteiger charge is 2.18. The maximum atomic E-state index is 11.9. The molecule has 5 nitrogen and oxygen atoms in total. The van der Waals surface area contributed by atoms with Gasteiger partial charge in [0.05, 0.1) is 0 Å². The van der Waals surface area contributed by atoms with E-state index in [9.17, 15) is 9.59 Å². The number of carbonyl (C=O) groups excluding carboxylic acids is 1. The van der Waals surface area contributed by atoms with Crippen LogP contribution < -0.4 is 15.6 Å². The van der Waals surface area contributed by atoms with Crippen LogP contribution in [0.15, 0.2) is 47.4 Å². The Morgan fingerprint density at radius 1 is 1.36 bits per heavy atom. The van der Waals surface area contributed by atoms with Gasteiger partial charge in [0.15, 0.2) is 0 Å². The second-order valence-corrected chi connectivity index (χ2v) is 5.52. The maximum Gasteiger partial charge on any atom is 0.250 e. The van der Waals surface area contributed by atoms with Crippen LogP contribution in [0.3, 0.4) is 0 Å². The molecule has 5 heteroatoms. The number of fused-ring (bicyclic) bond motifs is 1. The standard InChI is InChI=1S/C17H18N2O3/c1-12-8-14-9-13(5-6-15(14)22-12)10-18-16(20)11-19-7-3-2-4-17(19)21/h2-7,9,12H,8,10-11H2,1H3,(H,18,20)/t12-/m1/s1. The number of ether oxygens (including phenoxy) is 1. The molecule has 1 N–H and O–H groups in total. The third-order valence-electron chi connectivity index (χ3n) is 3.66. The topological polar surface area (TPSA) is 60.3 Å². The van der Waals surface area contributed by atoms with Gasteiger partial charge in [0.25, 0.3) is 5.56 Å². The summed E-state index contributed by atoms with van der Waals surface area (Å²) in [6, 6.07) is 10.8. The first-order valence-corrected chi connectivity index (χ1v) is 7.32. The first-order valence-electron chi connectivity index (χ1n) is 7.32. The van der Waals surface area contributed by atoms with Crippen molar-refractivity contribution in [2.24, 2.45) is 0 Å². The predicted octanol–water partition coefficient (Wildman–Crippen LogP) is 1.49. The molecule has 1 aliphatic heterocycles. The third kappa shape index (κ3) is 3.19. The van der Waals surface area contributed by atoms with Crippen molar-refractivity contribution >= 4 is 5.91 Å². The summed E-state index contributed by atoms with van der Waals surface area (Å²) in [4.78, 5) is 23.5. The first-order chi connectivity index (χ1) is 10.6. The molecule has 0 unspecified atom stereocenters. The third-order valence-corrected chi connectivity index (χ3v) is 3.66. The molecule has 0 aliphatic carbocycles. The molecule has 1 atom stereocenters. The van der Waals surface area contributed by atoms with E-state index in [2.05, 4.69) is 11.4 Å². The molecule has 22 heavy (non-hydrogen) atoms. The molecule has 2 heterocycles. The van der Waals surface area contributed by atoms with E-state index < -0.39 is 0 Å². The van der Waals surface area contributed by atoms with Crippen molar-refractivity contribution in [1.82, 2.24) is 9.88 Å². The lowest BCUT2D eigenvalue weighted by Crippen LogP contribution is -2.31. The van der Waals surface area contributed by atoms with E-state index in [-0.39, 0.29) is 24.1 Å². The minimum absolute atomic E-state index is 0.0325. The number of nitrogens with zero attached hydrogens (tertiary/aromatic N) is 1. The predicted molar refractivity (Wildman–Crippen MR) is 82.8 cm³/mol. The number of carbonyl (C=O) groups is 1. The van der Waals surface area contributed by atoms with Gasteiger partial charge in [-0.1, -0.05) is 18.2 Å². The zero-order chi connectivity index (χ0) is 15.5. The molecular formula is C17H18N2O3. The molecule has 3 rings (SSSR count). The van der Waals surface area contributed by atoms with Gasteiger partial charge in [0.2, 0.25) is 5.91 Å². The number of hydrogen-bond acceptors (Lipinski definition) is 3. The van der Waals surface area contributed by atoms with E-state index in [1.807, 2.05) is 19.1 Å². The lowest BCUT2D eigenvalue weighted by Gasteiger charge is -2.08. The van der Waals surface area contributed by atoms with E-state index in [0.29, 0.717) is 6.54 Å². The molecule has 0 saturated carbocycles. The molecule has 1 aliphatic rings. The van der Waals surface area contributed by atoms with Gasteiger partial charge in [-0.25, -0.2) is 0 Å². The van der Waals surface area contributed by atoms with E-state index in [4.69, 9.17) is 4.74 Å². The molecule has 2 aromatic rings. The van der Waals surface area contributed by atoms with Gasteiger partial charge in [0.1, 0.15) is 18.4 Å². The van der Waals surface area contributed by atoms with E-state index in [1.54, 1.807) is 18.3 Å². The smallest absolute Gasteiger partial charge is 0.250 e. The van der Waals surface area contributed by atoms with Crippen molar-refractivity contribution in [3.63, 3.8) is 0 Å². The van der Waals surface area contributed by atoms with Gasteiger partial charge in [-0.3, -0.25) is 9.59 Å².